The van der Waals surface area contributed by atoms with Gasteiger partial charge in [-0.2, -0.15) is 4.68 Å². The molecule has 1 amide bonds. The van der Waals surface area contributed by atoms with Gasteiger partial charge in [0.15, 0.2) is 5.78 Å². The summed E-state index contributed by atoms with van der Waals surface area (Å²) in [5.41, 5.74) is 1.78. The van der Waals surface area contributed by atoms with Gasteiger partial charge in [0.2, 0.25) is 0 Å². The number of Topliss-reactive ketones (excluding diaryl/α,β-unsaturated/α-hetero) is 1. The Morgan fingerprint density at radius 3 is 2.50 bits per heavy atom. The average Bonchev–Trinajstić information content (AvgIpc) is 3.20. The Hall–Kier alpha value is -4.28. The Morgan fingerprint density at radius 2 is 1.81 bits per heavy atom. The molecule has 0 spiro atoms. The lowest BCUT2D eigenvalue weighted by atomic mass is 10.1. The number of carboxylic acid groups (broad SMARTS) is 1. The summed E-state index contributed by atoms with van der Waals surface area (Å²) in [6.45, 7) is 1.49. The first-order valence-electron chi connectivity index (χ1n) is 9.63. The minimum absolute atomic E-state index is 0.0256. The molecular weight excluding hydrogens is 418 g/mol. The quantitative estimate of drug-likeness (QED) is 0.485. The Kier molecular flexibility index (Phi) is 7.46. The zero-order valence-electron chi connectivity index (χ0n) is 17.2. The molecule has 0 saturated heterocycles. The molecule has 3 aromatic rings. The van der Waals surface area contributed by atoms with Gasteiger partial charge in [-0.3, -0.25) is 9.59 Å². The molecule has 0 radical (unpaired) electrons. The first-order valence-corrected chi connectivity index (χ1v) is 9.63. The van der Waals surface area contributed by atoms with Gasteiger partial charge in [-0.05, 0) is 35.0 Å². The molecule has 1 unspecified atom stereocenters. The van der Waals surface area contributed by atoms with Crippen molar-refractivity contribution in [1.29, 1.82) is 0 Å². The number of carbonyl (C=O) groups is 3. The topological polar surface area (TPSA) is 146 Å². The number of ketones is 1. The monoisotopic (exact) mass is 439 g/mol. The lowest BCUT2D eigenvalue weighted by Crippen LogP contribution is -2.44. The molecule has 2 aromatic carbocycles. The average molecular weight is 439 g/mol. The highest BCUT2D eigenvalue weighted by Crippen LogP contribution is 2.19. The van der Waals surface area contributed by atoms with Crippen molar-refractivity contribution in [3.63, 3.8) is 0 Å². The summed E-state index contributed by atoms with van der Waals surface area (Å²) in [7, 11) is 0. The minimum Gasteiger partial charge on any atom is -0.481 e. The molecule has 0 fully saturated rings. The molecule has 0 bridgehead atoms. The molecule has 1 atom stereocenters. The number of ether oxygens (including phenoxy) is 2. The highest BCUT2D eigenvalue weighted by atomic mass is 16.5. The Morgan fingerprint density at radius 1 is 1.09 bits per heavy atom. The predicted molar refractivity (Wildman–Crippen MR) is 110 cm³/mol. The van der Waals surface area contributed by atoms with E-state index in [1.54, 1.807) is 36.4 Å². The number of aryl methyl sites for hydroxylation is 1. The summed E-state index contributed by atoms with van der Waals surface area (Å²) in [6.07, 6.45) is -1.54. The van der Waals surface area contributed by atoms with Gasteiger partial charge in [0, 0.05) is 0 Å². The standard InChI is InChI=1S/C21H21N5O6/c1-14-7-9-16(10-8-14)32-20-23-24-25-26(20)12-18(27)17(11-19(28)29)22-21(30)31-13-15-5-3-2-4-6-15/h2-10,17H,11-13H2,1H3,(H,22,30)(H,28,29). The van der Waals surface area contributed by atoms with Gasteiger partial charge in [-0.15, -0.1) is 0 Å². The Bertz CT molecular complexity index is 1070. The highest BCUT2D eigenvalue weighted by molar-refractivity contribution is 5.90. The van der Waals surface area contributed by atoms with Crippen molar-refractivity contribution < 1.29 is 29.0 Å². The van der Waals surface area contributed by atoms with Crippen LogP contribution >= 0.6 is 0 Å². The third-order valence-corrected chi connectivity index (χ3v) is 4.31. The lowest BCUT2D eigenvalue weighted by molar-refractivity contribution is -0.139. The van der Waals surface area contributed by atoms with Crippen molar-refractivity contribution in [2.75, 3.05) is 0 Å². The molecule has 1 heterocycles. The summed E-state index contributed by atoms with van der Waals surface area (Å²) in [5, 5.41) is 22.4. The van der Waals surface area contributed by atoms with E-state index in [2.05, 4.69) is 20.8 Å². The molecular formula is C21H21N5O6. The third kappa shape index (κ3) is 6.62. The summed E-state index contributed by atoms with van der Waals surface area (Å²) in [4.78, 5) is 36.0. The van der Waals surface area contributed by atoms with Crippen molar-refractivity contribution in [2.24, 2.45) is 0 Å². The van der Waals surface area contributed by atoms with Gasteiger partial charge in [0.05, 0.1) is 6.42 Å². The number of amides is 1. The predicted octanol–water partition coefficient (Wildman–Crippen LogP) is 2.11. The number of nitrogens with zero attached hydrogens (tertiary/aromatic N) is 4. The molecule has 32 heavy (non-hydrogen) atoms. The van der Waals surface area contributed by atoms with Gasteiger partial charge >= 0.3 is 18.1 Å². The van der Waals surface area contributed by atoms with Crippen LogP contribution in [0, 0.1) is 6.92 Å². The van der Waals surface area contributed by atoms with Gasteiger partial charge in [0.25, 0.3) is 0 Å². The first kappa shape index (κ1) is 22.4. The van der Waals surface area contributed by atoms with E-state index in [0.717, 1.165) is 15.8 Å². The number of hydrogen-bond acceptors (Lipinski definition) is 8. The van der Waals surface area contributed by atoms with Gasteiger partial charge in [0.1, 0.15) is 24.9 Å². The van der Waals surface area contributed by atoms with Crippen LogP contribution in [-0.2, 0) is 27.5 Å². The van der Waals surface area contributed by atoms with Crippen LogP contribution < -0.4 is 10.1 Å². The summed E-state index contributed by atoms with van der Waals surface area (Å²) < 4.78 is 11.7. The third-order valence-electron chi connectivity index (χ3n) is 4.31. The fourth-order valence-electron chi connectivity index (χ4n) is 2.67. The van der Waals surface area contributed by atoms with E-state index in [-0.39, 0.29) is 12.6 Å². The number of aliphatic carboxylic acids is 1. The minimum atomic E-state index is -1.34. The van der Waals surface area contributed by atoms with Crippen LogP contribution in [0.25, 0.3) is 0 Å². The first-order chi connectivity index (χ1) is 15.4. The van der Waals surface area contributed by atoms with Crippen molar-refractivity contribution in [2.45, 2.75) is 32.5 Å². The largest absolute Gasteiger partial charge is 0.481 e. The molecule has 0 saturated carbocycles. The molecule has 166 valence electrons. The number of carbonyl (C=O) groups excluding carboxylic acids is 2. The smallest absolute Gasteiger partial charge is 0.408 e. The zero-order chi connectivity index (χ0) is 22.9. The second kappa shape index (κ2) is 10.7. The van der Waals surface area contributed by atoms with Crippen LogP contribution in [0.2, 0.25) is 0 Å². The van der Waals surface area contributed by atoms with Crippen molar-refractivity contribution >= 4 is 17.8 Å². The van der Waals surface area contributed by atoms with E-state index in [4.69, 9.17) is 14.6 Å². The van der Waals surface area contributed by atoms with Gasteiger partial charge in [-0.1, -0.05) is 53.1 Å². The van der Waals surface area contributed by atoms with Crippen molar-refractivity contribution in [3.05, 3.63) is 65.7 Å². The van der Waals surface area contributed by atoms with Gasteiger partial charge < -0.3 is 19.9 Å². The number of benzene rings is 2. The van der Waals surface area contributed by atoms with Crippen LogP contribution in [0.3, 0.4) is 0 Å². The number of aromatic nitrogens is 4. The van der Waals surface area contributed by atoms with Crippen LogP contribution in [0.1, 0.15) is 17.5 Å². The van der Waals surface area contributed by atoms with Crippen molar-refractivity contribution in [3.8, 4) is 11.8 Å². The number of rotatable bonds is 10. The molecule has 11 nitrogen and oxygen atoms in total. The fourth-order valence-corrected chi connectivity index (χ4v) is 2.67. The van der Waals surface area contributed by atoms with Crippen LogP contribution in [0.4, 0.5) is 4.79 Å². The van der Waals surface area contributed by atoms with E-state index >= 15 is 0 Å². The molecule has 0 aliphatic carbocycles. The van der Waals surface area contributed by atoms with E-state index in [1.807, 2.05) is 25.1 Å². The van der Waals surface area contributed by atoms with Crippen LogP contribution in [0.15, 0.2) is 54.6 Å². The van der Waals surface area contributed by atoms with E-state index < -0.39 is 36.9 Å². The maximum atomic E-state index is 12.7. The Labute approximate surface area is 183 Å². The number of carboxylic acids is 1. The fraction of sp³-hybridized carbons (Fsp3) is 0.238. The van der Waals surface area contributed by atoms with E-state index in [0.29, 0.717) is 5.75 Å². The van der Waals surface area contributed by atoms with Crippen molar-refractivity contribution in [1.82, 2.24) is 25.5 Å². The molecule has 3 rings (SSSR count). The van der Waals surface area contributed by atoms with Crippen LogP contribution in [-0.4, -0.2) is 49.2 Å². The summed E-state index contributed by atoms with van der Waals surface area (Å²) in [5.74, 6) is -1.44. The molecule has 11 heteroatoms. The molecule has 1 aromatic heterocycles. The highest BCUT2D eigenvalue weighted by Gasteiger charge is 2.26. The van der Waals surface area contributed by atoms with E-state index in [9.17, 15) is 14.4 Å². The molecule has 0 aliphatic heterocycles. The lowest BCUT2D eigenvalue weighted by Gasteiger charge is -2.16. The number of nitrogens with one attached hydrogen (secondary N) is 1. The SMILES string of the molecule is Cc1ccc(Oc2nnnn2CC(=O)C(CC(=O)O)NC(=O)OCc2ccccc2)cc1. The maximum Gasteiger partial charge on any atom is 0.408 e. The normalized spacial score (nSPS) is 11.4. The summed E-state index contributed by atoms with van der Waals surface area (Å²) >= 11 is 0. The number of alkyl carbamates (subject to hydrolysis) is 1. The van der Waals surface area contributed by atoms with Gasteiger partial charge in [-0.25, -0.2) is 4.79 Å². The second-order valence-electron chi connectivity index (χ2n) is 6.86. The maximum absolute atomic E-state index is 12.7. The van der Waals surface area contributed by atoms with Crippen LogP contribution in [0.5, 0.6) is 11.8 Å². The number of tetrazole rings is 1. The molecule has 2 N–H and O–H groups in total. The Balaban J connectivity index is 1.62. The second-order valence-corrected chi connectivity index (χ2v) is 6.86. The molecule has 0 aliphatic rings. The zero-order valence-corrected chi connectivity index (χ0v) is 17.2. The summed E-state index contributed by atoms with van der Waals surface area (Å²) in [6, 6.07) is 14.6. The number of hydrogen-bond donors (Lipinski definition) is 2. The van der Waals surface area contributed by atoms with E-state index in [1.165, 1.54) is 0 Å².